The highest BCUT2D eigenvalue weighted by molar-refractivity contribution is 5.55. The topological polar surface area (TPSA) is 37.8 Å². The molecule has 3 rings (SSSR count). The van der Waals surface area contributed by atoms with Crippen LogP contribution in [0.1, 0.15) is 24.6 Å². The molecule has 1 aliphatic carbocycles. The fourth-order valence-electron chi connectivity index (χ4n) is 2.87. The predicted molar refractivity (Wildman–Crippen MR) is 81.5 cm³/mol. The molecule has 110 valence electrons. The molecule has 1 aromatic carbocycles. The summed E-state index contributed by atoms with van der Waals surface area (Å²) in [7, 11) is 0. The first kappa shape index (κ1) is 14.1. The van der Waals surface area contributed by atoms with E-state index in [1.54, 1.807) is 6.07 Å². The molecule has 0 radical (unpaired) electrons. The van der Waals surface area contributed by atoms with Crippen LogP contribution in [0.4, 0.5) is 4.39 Å². The van der Waals surface area contributed by atoms with Crippen molar-refractivity contribution in [3.63, 3.8) is 0 Å². The van der Waals surface area contributed by atoms with E-state index in [2.05, 4.69) is 22.2 Å². The van der Waals surface area contributed by atoms with Crippen molar-refractivity contribution in [3.8, 4) is 11.4 Å². The van der Waals surface area contributed by atoms with Crippen LogP contribution in [0.25, 0.3) is 11.4 Å². The Kier molecular flexibility index (Phi) is 4.25. The van der Waals surface area contributed by atoms with E-state index in [0.717, 1.165) is 43.6 Å². The molecule has 1 heterocycles. The maximum absolute atomic E-state index is 13.3. The first-order chi connectivity index (χ1) is 10.3. The lowest BCUT2D eigenvalue weighted by Crippen LogP contribution is -2.27. The molecule has 4 heteroatoms. The van der Waals surface area contributed by atoms with Gasteiger partial charge in [-0.15, -0.1) is 0 Å². The molecule has 1 unspecified atom stereocenters. The van der Waals surface area contributed by atoms with Gasteiger partial charge in [0.1, 0.15) is 5.82 Å². The molecule has 1 atom stereocenters. The Labute approximate surface area is 124 Å². The third-order valence-electron chi connectivity index (χ3n) is 4.02. The molecule has 0 amide bonds. The van der Waals surface area contributed by atoms with Gasteiger partial charge in [-0.3, -0.25) is 0 Å². The molecule has 1 N–H and O–H groups in total. The molecule has 3 nitrogen and oxygen atoms in total. The van der Waals surface area contributed by atoms with Crippen molar-refractivity contribution in [2.45, 2.75) is 26.2 Å². The van der Waals surface area contributed by atoms with E-state index >= 15 is 0 Å². The number of hydrogen-bond acceptors (Lipinski definition) is 3. The summed E-state index contributed by atoms with van der Waals surface area (Å²) in [6.45, 7) is 4.20. The summed E-state index contributed by atoms with van der Waals surface area (Å²) in [4.78, 5) is 9.06. The van der Waals surface area contributed by atoms with Crippen LogP contribution >= 0.6 is 0 Å². The van der Waals surface area contributed by atoms with Crippen molar-refractivity contribution in [3.05, 3.63) is 47.5 Å². The molecule has 21 heavy (non-hydrogen) atoms. The summed E-state index contributed by atoms with van der Waals surface area (Å²) >= 11 is 0. The number of hydrogen-bond donors (Lipinski definition) is 1. The van der Waals surface area contributed by atoms with Gasteiger partial charge < -0.3 is 5.32 Å². The summed E-state index contributed by atoms with van der Waals surface area (Å²) in [5, 5.41) is 3.41. The summed E-state index contributed by atoms with van der Waals surface area (Å²) < 4.78 is 13.3. The quantitative estimate of drug-likeness (QED) is 0.938. The summed E-state index contributed by atoms with van der Waals surface area (Å²) in [6, 6.07) is 6.47. The van der Waals surface area contributed by atoms with Crippen molar-refractivity contribution >= 4 is 0 Å². The Balaban J connectivity index is 1.80. The van der Waals surface area contributed by atoms with Crippen LogP contribution in [-0.2, 0) is 12.8 Å². The van der Waals surface area contributed by atoms with Crippen molar-refractivity contribution in [2.24, 2.45) is 5.92 Å². The molecule has 0 aliphatic heterocycles. The lowest BCUT2D eigenvalue weighted by molar-refractivity contribution is 0.424. The third kappa shape index (κ3) is 3.27. The smallest absolute Gasteiger partial charge is 0.159 e. The van der Waals surface area contributed by atoms with Crippen LogP contribution in [0.2, 0.25) is 0 Å². The van der Waals surface area contributed by atoms with E-state index in [0.29, 0.717) is 11.7 Å². The predicted octanol–water partition coefficient (Wildman–Crippen LogP) is 3.00. The fourth-order valence-corrected chi connectivity index (χ4v) is 2.87. The second-order valence-electron chi connectivity index (χ2n) is 5.59. The van der Waals surface area contributed by atoms with Gasteiger partial charge in [-0.2, -0.15) is 0 Å². The standard InChI is InChI=1S/C17H20FN3/c1-2-19-10-12-6-7-16-14(8-12)11-20-17(21-16)13-4-3-5-15(18)9-13/h3-5,9,11-12,19H,2,6-8,10H2,1H3. The number of fused-ring (bicyclic) bond motifs is 1. The summed E-state index contributed by atoms with van der Waals surface area (Å²) in [5.74, 6) is 1.04. The number of halogens is 1. The molecule has 1 aliphatic rings. The van der Waals surface area contributed by atoms with E-state index < -0.39 is 0 Å². The van der Waals surface area contributed by atoms with Crippen molar-refractivity contribution < 1.29 is 4.39 Å². The zero-order chi connectivity index (χ0) is 14.7. The average molecular weight is 285 g/mol. The van der Waals surface area contributed by atoms with Crippen LogP contribution in [0, 0.1) is 11.7 Å². The van der Waals surface area contributed by atoms with Crippen LogP contribution in [0.5, 0.6) is 0 Å². The molecule has 0 spiro atoms. The molecular weight excluding hydrogens is 265 g/mol. The second-order valence-corrected chi connectivity index (χ2v) is 5.59. The number of aromatic nitrogens is 2. The number of benzene rings is 1. The van der Waals surface area contributed by atoms with Gasteiger partial charge in [-0.25, -0.2) is 14.4 Å². The van der Waals surface area contributed by atoms with E-state index in [1.165, 1.54) is 17.7 Å². The van der Waals surface area contributed by atoms with E-state index in [1.807, 2.05) is 12.3 Å². The monoisotopic (exact) mass is 285 g/mol. The first-order valence-corrected chi connectivity index (χ1v) is 7.57. The molecule has 1 aromatic heterocycles. The van der Waals surface area contributed by atoms with Crippen LogP contribution in [0.15, 0.2) is 30.5 Å². The van der Waals surface area contributed by atoms with Crippen molar-refractivity contribution in [1.82, 2.24) is 15.3 Å². The minimum atomic E-state index is -0.250. The average Bonchev–Trinajstić information content (AvgIpc) is 2.52. The number of nitrogens with zero attached hydrogens (tertiary/aromatic N) is 2. The zero-order valence-corrected chi connectivity index (χ0v) is 12.3. The summed E-state index contributed by atoms with van der Waals surface area (Å²) in [6.07, 6.45) is 5.09. The van der Waals surface area contributed by atoms with Gasteiger partial charge in [0, 0.05) is 17.5 Å². The van der Waals surface area contributed by atoms with Gasteiger partial charge in [0.05, 0.1) is 0 Å². The van der Waals surface area contributed by atoms with Crippen LogP contribution in [0.3, 0.4) is 0 Å². The van der Waals surface area contributed by atoms with Gasteiger partial charge in [-0.05, 0) is 56.0 Å². The molecule has 2 aromatic rings. The lowest BCUT2D eigenvalue weighted by Gasteiger charge is -2.24. The normalized spacial score (nSPS) is 17.5. The van der Waals surface area contributed by atoms with Gasteiger partial charge >= 0.3 is 0 Å². The Morgan fingerprint density at radius 1 is 1.38 bits per heavy atom. The van der Waals surface area contributed by atoms with Gasteiger partial charge in [0.25, 0.3) is 0 Å². The van der Waals surface area contributed by atoms with Crippen molar-refractivity contribution in [1.29, 1.82) is 0 Å². The minimum Gasteiger partial charge on any atom is -0.317 e. The Morgan fingerprint density at radius 3 is 3.10 bits per heavy atom. The Bertz CT molecular complexity index is 627. The van der Waals surface area contributed by atoms with Gasteiger partial charge in [0.2, 0.25) is 0 Å². The highest BCUT2D eigenvalue weighted by Gasteiger charge is 2.20. The maximum Gasteiger partial charge on any atom is 0.159 e. The SMILES string of the molecule is CCNCC1CCc2nc(-c3cccc(F)c3)ncc2C1. The van der Waals surface area contributed by atoms with Gasteiger partial charge in [0.15, 0.2) is 5.82 Å². The van der Waals surface area contributed by atoms with Gasteiger partial charge in [-0.1, -0.05) is 19.1 Å². The zero-order valence-electron chi connectivity index (χ0n) is 12.3. The summed E-state index contributed by atoms with van der Waals surface area (Å²) in [5.41, 5.74) is 3.11. The van der Waals surface area contributed by atoms with Crippen molar-refractivity contribution in [2.75, 3.05) is 13.1 Å². The van der Waals surface area contributed by atoms with Crippen LogP contribution in [-0.4, -0.2) is 23.1 Å². The van der Waals surface area contributed by atoms with Crippen LogP contribution < -0.4 is 5.32 Å². The lowest BCUT2D eigenvalue weighted by atomic mass is 9.87. The number of nitrogens with one attached hydrogen (secondary N) is 1. The molecule has 0 bridgehead atoms. The third-order valence-corrected chi connectivity index (χ3v) is 4.02. The fraction of sp³-hybridized carbons (Fsp3) is 0.412. The largest absolute Gasteiger partial charge is 0.317 e. The van der Waals surface area contributed by atoms with E-state index in [9.17, 15) is 4.39 Å². The Hall–Kier alpha value is -1.81. The first-order valence-electron chi connectivity index (χ1n) is 7.57. The number of rotatable bonds is 4. The van der Waals surface area contributed by atoms with E-state index in [-0.39, 0.29) is 5.82 Å². The maximum atomic E-state index is 13.3. The molecule has 0 saturated heterocycles. The second kappa shape index (κ2) is 6.31. The highest BCUT2D eigenvalue weighted by Crippen LogP contribution is 2.25. The molecule has 0 fully saturated rings. The van der Waals surface area contributed by atoms with E-state index in [4.69, 9.17) is 0 Å². The molecule has 0 saturated carbocycles. The Morgan fingerprint density at radius 2 is 2.29 bits per heavy atom. The highest BCUT2D eigenvalue weighted by atomic mass is 19.1. The minimum absolute atomic E-state index is 0.250. The number of aryl methyl sites for hydroxylation is 1. The molecular formula is C17H20FN3.